The van der Waals surface area contributed by atoms with E-state index in [2.05, 4.69) is 4.98 Å². The molecule has 0 bridgehead atoms. The lowest BCUT2D eigenvalue weighted by atomic mass is 9.87. The summed E-state index contributed by atoms with van der Waals surface area (Å²) < 4.78 is 13.3. The lowest BCUT2D eigenvalue weighted by Crippen LogP contribution is -2.75. The molecule has 0 saturated carbocycles. The molecule has 2 aromatic rings. The summed E-state index contributed by atoms with van der Waals surface area (Å²) in [5.74, 6) is -1.01. The van der Waals surface area contributed by atoms with Gasteiger partial charge in [0.1, 0.15) is 17.1 Å². The average Bonchev–Trinajstić information content (AvgIpc) is 2.73. The van der Waals surface area contributed by atoms with Crippen LogP contribution in [0.3, 0.4) is 0 Å². The van der Waals surface area contributed by atoms with Crippen LogP contribution < -0.4 is 5.73 Å². The van der Waals surface area contributed by atoms with Gasteiger partial charge < -0.3 is 15.6 Å². The Morgan fingerprint density at radius 3 is 2.57 bits per heavy atom. The molecule has 1 aliphatic rings. The van der Waals surface area contributed by atoms with Gasteiger partial charge in [0.15, 0.2) is 0 Å². The van der Waals surface area contributed by atoms with Gasteiger partial charge in [0.05, 0.1) is 13.1 Å². The standard InChI is InChI=1S/C16H19FN4O2/c1-9-11-5-4-10(17)6-12(11)19-13(9)14(22)21-7-16(8-21,15(18)23)20(2)3/h4-6,19H,7-8H2,1-3H3,(H2,18,23). The zero-order chi connectivity index (χ0) is 16.9. The molecule has 0 unspecified atom stereocenters. The van der Waals surface area contributed by atoms with E-state index in [0.29, 0.717) is 11.2 Å². The molecule has 7 heteroatoms. The van der Waals surface area contributed by atoms with E-state index < -0.39 is 11.4 Å². The number of primary amides is 1. The number of likely N-dealkylation sites (N-methyl/N-ethyl adjacent to an activating group) is 1. The number of aromatic nitrogens is 1. The summed E-state index contributed by atoms with van der Waals surface area (Å²) in [5, 5.41) is 0.809. The number of fused-ring (bicyclic) bond motifs is 1. The van der Waals surface area contributed by atoms with E-state index >= 15 is 0 Å². The van der Waals surface area contributed by atoms with Crippen molar-refractivity contribution in [3.8, 4) is 0 Å². The van der Waals surface area contributed by atoms with Crippen LogP contribution in [-0.4, -0.2) is 59.3 Å². The van der Waals surface area contributed by atoms with Crippen molar-refractivity contribution >= 4 is 22.7 Å². The highest BCUT2D eigenvalue weighted by Crippen LogP contribution is 2.30. The number of carbonyl (C=O) groups is 2. The summed E-state index contributed by atoms with van der Waals surface area (Å²) in [7, 11) is 3.53. The fourth-order valence-electron chi connectivity index (χ4n) is 3.07. The smallest absolute Gasteiger partial charge is 0.270 e. The number of aromatic amines is 1. The summed E-state index contributed by atoms with van der Waals surface area (Å²) in [6.07, 6.45) is 0. The number of likely N-dealkylation sites (tertiary alicyclic amines) is 1. The number of amides is 2. The molecule has 1 saturated heterocycles. The summed E-state index contributed by atoms with van der Waals surface area (Å²) >= 11 is 0. The third kappa shape index (κ3) is 2.19. The molecule has 0 radical (unpaired) electrons. The molecule has 1 fully saturated rings. The number of nitrogens with one attached hydrogen (secondary N) is 1. The number of H-pyrrole nitrogens is 1. The van der Waals surface area contributed by atoms with Crippen LogP contribution in [0.5, 0.6) is 0 Å². The summed E-state index contributed by atoms with van der Waals surface area (Å²) in [5.41, 5.74) is 6.43. The van der Waals surface area contributed by atoms with Crippen LogP contribution in [0, 0.1) is 12.7 Å². The van der Waals surface area contributed by atoms with Crippen LogP contribution in [0.4, 0.5) is 4.39 Å². The largest absolute Gasteiger partial charge is 0.368 e. The fraction of sp³-hybridized carbons (Fsp3) is 0.375. The van der Waals surface area contributed by atoms with Gasteiger partial charge in [-0.1, -0.05) is 0 Å². The first-order chi connectivity index (χ1) is 10.8. The number of aryl methyl sites for hydroxylation is 1. The van der Waals surface area contributed by atoms with Crippen molar-refractivity contribution in [2.75, 3.05) is 27.2 Å². The lowest BCUT2D eigenvalue weighted by molar-refractivity contribution is -0.137. The predicted octanol–water partition coefficient (Wildman–Crippen LogP) is 0.857. The average molecular weight is 318 g/mol. The second-order valence-electron chi connectivity index (χ2n) is 6.27. The van der Waals surface area contributed by atoms with Gasteiger partial charge in [0.25, 0.3) is 5.91 Å². The number of hydrogen-bond acceptors (Lipinski definition) is 3. The zero-order valence-electron chi connectivity index (χ0n) is 13.3. The second kappa shape index (κ2) is 5.06. The Morgan fingerprint density at radius 2 is 2.00 bits per heavy atom. The molecule has 3 rings (SSSR count). The van der Waals surface area contributed by atoms with Crippen molar-refractivity contribution in [1.29, 1.82) is 0 Å². The van der Waals surface area contributed by atoms with Crippen LogP contribution in [0.15, 0.2) is 18.2 Å². The van der Waals surface area contributed by atoms with E-state index in [-0.39, 0.29) is 24.8 Å². The monoisotopic (exact) mass is 318 g/mol. The van der Waals surface area contributed by atoms with Crippen molar-refractivity contribution in [1.82, 2.24) is 14.8 Å². The molecule has 0 spiro atoms. The third-order valence-electron chi connectivity index (χ3n) is 4.74. The number of nitrogens with two attached hydrogens (primary N) is 1. The molecule has 0 atom stereocenters. The maximum atomic E-state index is 13.3. The Balaban J connectivity index is 1.88. The van der Waals surface area contributed by atoms with E-state index in [1.54, 1.807) is 30.0 Å². The quantitative estimate of drug-likeness (QED) is 0.880. The summed E-state index contributed by atoms with van der Waals surface area (Å²) in [4.78, 5) is 30.6. The van der Waals surface area contributed by atoms with Gasteiger partial charge in [-0.15, -0.1) is 0 Å². The minimum atomic E-state index is -0.818. The molecule has 1 aromatic carbocycles. The van der Waals surface area contributed by atoms with E-state index in [1.165, 1.54) is 12.1 Å². The van der Waals surface area contributed by atoms with Gasteiger partial charge in [0.2, 0.25) is 5.91 Å². The van der Waals surface area contributed by atoms with Crippen LogP contribution >= 0.6 is 0 Å². The Bertz CT molecular complexity index is 806. The van der Waals surface area contributed by atoms with Crippen molar-refractivity contribution in [3.05, 3.63) is 35.3 Å². The first-order valence-corrected chi connectivity index (χ1v) is 7.31. The van der Waals surface area contributed by atoms with Crippen LogP contribution in [0.25, 0.3) is 10.9 Å². The molecule has 122 valence electrons. The van der Waals surface area contributed by atoms with Crippen molar-refractivity contribution < 1.29 is 14.0 Å². The Morgan fingerprint density at radius 1 is 1.35 bits per heavy atom. The molecule has 2 amide bonds. The number of rotatable bonds is 3. The normalized spacial score (nSPS) is 16.7. The zero-order valence-corrected chi connectivity index (χ0v) is 13.3. The van der Waals surface area contributed by atoms with Gasteiger partial charge in [-0.2, -0.15) is 0 Å². The minimum Gasteiger partial charge on any atom is -0.368 e. The van der Waals surface area contributed by atoms with E-state index in [9.17, 15) is 14.0 Å². The molecule has 3 N–H and O–H groups in total. The summed E-state index contributed by atoms with van der Waals surface area (Å²) in [6, 6.07) is 4.38. The van der Waals surface area contributed by atoms with E-state index in [1.807, 2.05) is 6.92 Å². The molecular weight excluding hydrogens is 299 g/mol. The fourth-order valence-corrected chi connectivity index (χ4v) is 3.07. The second-order valence-corrected chi connectivity index (χ2v) is 6.27. The van der Waals surface area contributed by atoms with Gasteiger partial charge in [-0.05, 0) is 44.8 Å². The highest BCUT2D eigenvalue weighted by atomic mass is 19.1. The summed E-state index contributed by atoms with van der Waals surface area (Å²) in [6.45, 7) is 2.31. The van der Waals surface area contributed by atoms with Crippen molar-refractivity contribution in [2.24, 2.45) is 5.73 Å². The third-order valence-corrected chi connectivity index (χ3v) is 4.74. The molecule has 0 aliphatic carbocycles. The molecule has 23 heavy (non-hydrogen) atoms. The highest BCUT2D eigenvalue weighted by molar-refractivity contribution is 6.02. The number of halogens is 1. The van der Waals surface area contributed by atoms with Crippen molar-refractivity contribution in [2.45, 2.75) is 12.5 Å². The van der Waals surface area contributed by atoms with Gasteiger partial charge >= 0.3 is 0 Å². The van der Waals surface area contributed by atoms with Gasteiger partial charge in [-0.25, -0.2) is 4.39 Å². The first-order valence-electron chi connectivity index (χ1n) is 7.31. The highest BCUT2D eigenvalue weighted by Gasteiger charge is 2.52. The van der Waals surface area contributed by atoms with Crippen LogP contribution in [-0.2, 0) is 4.79 Å². The molecule has 1 aliphatic heterocycles. The molecular formula is C16H19FN4O2. The van der Waals surface area contributed by atoms with Crippen LogP contribution in [0.1, 0.15) is 16.1 Å². The van der Waals surface area contributed by atoms with E-state index in [4.69, 9.17) is 5.73 Å². The number of carbonyl (C=O) groups excluding carboxylic acids is 2. The lowest BCUT2D eigenvalue weighted by Gasteiger charge is -2.51. The SMILES string of the molecule is Cc1c(C(=O)N2CC(C(N)=O)(N(C)C)C2)[nH]c2cc(F)ccc12. The Kier molecular flexibility index (Phi) is 3.40. The Hall–Kier alpha value is -2.41. The van der Waals surface area contributed by atoms with Gasteiger partial charge in [-0.3, -0.25) is 14.5 Å². The van der Waals surface area contributed by atoms with E-state index in [0.717, 1.165) is 10.9 Å². The van der Waals surface area contributed by atoms with Crippen LogP contribution in [0.2, 0.25) is 0 Å². The number of benzene rings is 1. The topological polar surface area (TPSA) is 82.4 Å². The Labute approximate surface area is 133 Å². The maximum absolute atomic E-state index is 13.3. The molecule has 1 aromatic heterocycles. The first kappa shape index (κ1) is 15.5. The predicted molar refractivity (Wildman–Crippen MR) is 84.5 cm³/mol. The molecule has 6 nitrogen and oxygen atoms in total. The van der Waals surface area contributed by atoms with Gasteiger partial charge in [0, 0.05) is 10.9 Å². The minimum absolute atomic E-state index is 0.210. The number of hydrogen-bond donors (Lipinski definition) is 2. The number of nitrogens with zero attached hydrogens (tertiary/aromatic N) is 2. The molecule has 2 heterocycles. The van der Waals surface area contributed by atoms with Crippen molar-refractivity contribution in [3.63, 3.8) is 0 Å². The maximum Gasteiger partial charge on any atom is 0.270 e.